The summed E-state index contributed by atoms with van der Waals surface area (Å²) < 4.78 is 0. The summed E-state index contributed by atoms with van der Waals surface area (Å²) in [4.78, 5) is 8.44. The summed E-state index contributed by atoms with van der Waals surface area (Å²) in [6.07, 6.45) is 6.78. The number of nitrogens with zero attached hydrogens (tertiary/aromatic N) is 4. The second-order valence-electron chi connectivity index (χ2n) is 4.00. The Kier molecular flexibility index (Phi) is 9.02. The second-order valence-corrected chi connectivity index (χ2v) is 4.00. The van der Waals surface area contributed by atoms with Gasteiger partial charge in [0.2, 0.25) is 0 Å². The Morgan fingerprint density at radius 1 is 0.947 bits per heavy atom. The molecular formula is C15H22N4. The third-order valence-corrected chi connectivity index (χ3v) is 2.36. The maximum atomic E-state index is 4.31. The second kappa shape index (κ2) is 11.3. The van der Waals surface area contributed by atoms with Gasteiger partial charge >= 0.3 is 0 Å². The zero-order valence-electron chi connectivity index (χ0n) is 11.6. The number of azo groups is 1. The van der Waals surface area contributed by atoms with Crippen molar-refractivity contribution in [3.05, 3.63) is 30.3 Å². The first-order valence-electron chi connectivity index (χ1n) is 6.82. The van der Waals surface area contributed by atoms with E-state index in [1.165, 1.54) is 0 Å². The molecule has 0 bridgehead atoms. The van der Waals surface area contributed by atoms with Gasteiger partial charge in [-0.25, -0.2) is 0 Å². The number of unbranched alkanes of at least 4 members (excludes halogenated alkanes) is 1. The van der Waals surface area contributed by atoms with Gasteiger partial charge in [0.25, 0.3) is 0 Å². The molecule has 0 radical (unpaired) electrons. The molecule has 0 aliphatic carbocycles. The fraction of sp³-hybridized carbons (Fsp3) is 0.467. The predicted molar refractivity (Wildman–Crippen MR) is 82.1 cm³/mol. The first kappa shape index (κ1) is 15.2. The van der Waals surface area contributed by atoms with Gasteiger partial charge in [-0.1, -0.05) is 18.2 Å². The van der Waals surface area contributed by atoms with Crippen LogP contribution in [0.2, 0.25) is 0 Å². The Balaban J connectivity index is 2.00. The first-order chi connectivity index (χ1) is 9.43. The molecule has 0 N–H and O–H groups in total. The number of benzene rings is 1. The molecule has 102 valence electrons. The first-order valence-corrected chi connectivity index (χ1v) is 6.82. The summed E-state index contributed by atoms with van der Waals surface area (Å²) in [5.74, 6) is 0. The van der Waals surface area contributed by atoms with E-state index in [1.807, 2.05) is 49.7 Å². The largest absolute Gasteiger partial charge is 0.298 e. The quantitative estimate of drug-likeness (QED) is 0.364. The fourth-order valence-electron chi connectivity index (χ4n) is 1.41. The van der Waals surface area contributed by atoms with Crippen molar-refractivity contribution in [1.82, 2.24) is 0 Å². The van der Waals surface area contributed by atoms with E-state index >= 15 is 0 Å². The molecule has 0 heterocycles. The number of hydrogen-bond donors (Lipinski definition) is 0. The maximum Gasteiger partial charge on any atom is 0.0852 e. The van der Waals surface area contributed by atoms with E-state index in [0.29, 0.717) is 0 Å². The van der Waals surface area contributed by atoms with Crippen LogP contribution in [-0.4, -0.2) is 32.1 Å². The van der Waals surface area contributed by atoms with E-state index in [2.05, 4.69) is 20.2 Å². The zero-order valence-corrected chi connectivity index (χ0v) is 11.6. The molecule has 0 spiro atoms. The number of hydrogen-bond acceptors (Lipinski definition) is 4. The Labute approximate surface area is 115 Å². The van der Waals surface area contributed by atoms with Gasteiger partial charge in [0.15, 0.2) is 0 Å². The van der Waals surface area contributed by atoms with Gasteiger partial charge < -0.3 is 0 Å². The van der Waals surface area contributed by atoms with Gasteiger partial charge in [0, 0.05) is 25.7 Å². The molecular weight excluding hydrogens is 236 g/mol. The highest BCUT2D eigenvalue weighted by Crippen LogP contribution is 2.09. The molecule has 0 saturated carbocycles. The van der Waals surface area contributed by atoms with Crippen molar-refractivity contribution in [2.75, 3.05) is 19.6 Å². The van der Waals surface area contributed by atoms with Crippen LogP contribution in [0, 0.1) is 0 Å². The normalized spacial score (nSPS) is 12.1. The average molecular weight is 258 g/mol. The summed E-state index contributed by atoms with van der Waals surface area (Å²) in [5.41, 5.74) is 0.909. The van der Waals surface area contributed by atoms with Crippen molar-refractivity contribution in [1.29, 1.82) is 0 Å². The fourth-order valence-corrected chi connectivity index (χ4v) is 1.41. The predicted octanol–water partition coefficient (Wildman–Crippen LogP) is 4.10. The minimum atomic E-state index is 0.748. The number of aliphatic imine (C=N–C) groups is 2. The zero-order chi connectivity index (χ0) is 13.6. The highest BCUT2D eigenvalue weighted by atomic mass is 15.1. The van der Waals surface area contributed by atoms with Gasteiger partial charge in [0.1, 0.15) is 0 Å². The lowest BCUT2D eigenvalue weighted by molar-refractivity contribution is 0.839. The summed E-state index contributed by atoms with van der Waals surface area (Å²) in [7, 11) is 0. The molecule has 0 aliphatic heterocycles. The van der Waals surface area contributed by atoms with Crippen molar-refractivity contribution in [3.63, 3.8) is 0 Å². The standard InChI is InChI=1S/C15H22N4/c1-2-16-12-8-13-17-11-6-7-14-18-19-15-9-4-3-5-10-15/h3-5,9-12H,2,6-8,13-14H2,1H3. The van der Waals surface area contributed by atoms with Gasteiger partial charge in [0.05, 0.1) is 12.2 Å². The smallest absolute Gasteiger partial charge is 0.0852 e. The minimum Gasteiger partial charge on any atom is -0.298 e. The molecule has 0 unspecified atom stereocenters. The minimum absolute atomic E-state index is 0.748. The van der Waals surface area contributed by atoms with Crippen LogP contribution in [0.25, 0.3) is 0 Å². The van der Waals surface area contributed by atoms with E-state index < -0.39 is 0 Å². The molecule has 19 heavy (non-hydrogen) atoms. The lowest BCUT2D eigenvalue weighted by Crippen LogP contribution is -1.86. The van der Waals surface area contributed by atoms with Crippen molar-refractivity contribution in [3.8, 4) is 0 Å². The molecule has 0 saturated heterocycles. The van der Waals surface area contributed by atoms with Crippen molar-refractivity contribution in [2.45, 2.75) is 26.2 Å². The third-order valence-electron chi connectivity index (χ3n) is 2.36. The summed E-state index contributed by atoms with van der Waals surface area (Å²) in [6, 6.07) is 9.79. The molecule has 1 aromatic rings. The average Bonchev–Trinajstić information content (AvgIpc) is 2.46. The Morgan fingerprint density at radius 3 is 2.53 bits per heavy atom. The molecule has 4 heteroatoms. The molecule has 0 atom stereocenters. The molecule has 0 aromatic heterocycles. The summed E-state index contributed by atoms with van der Waals surface area (Å²) >= 11 is 0. The molecule has 1 rings (SSSR count). The van der Waals surface area contributed by atoms with Crippen LogP contribution in [0.1, 0.15) is 26.2 Å². The Morgan fingerprint density at radius 2 is 1.74 bits per heavy atom. The molecule has 0 aliphatic rings. The highest BCUT2D eigenvalue weighted by Gasteiger charge is 1.86. The highest BCUT2D eigenvalue weighted by molar-refractivity contribution is 5.59. The van der Waals surface area contributed by atoms with Crippen molar-refractivity contribution >= 4 is 18.1 Å². The number of rotatable bonds is 9. The lowest BCUT2D eigenvalue weighted by Gasteiger charge is -1.92. The van der Waals surface area contributed by atoms with Crippen LogP contribution in [0.15, 0.2) is 50.5 Å². The topological polar surface area (TPSA) is 49.4 Å². The molecule has 4 nitrogen and oxygen atoms in total. The van der Waals surface area contributed by atoms with Gasteiger partial charge in [-0.05, 0) is 38.1 Å². The van der Waals surface area contributed by atoms with Crippen LogP contribution in [-0.2, 0) is 0 Å². The molecule has 1 aromatic carbocycles. The lowest BCUT2D eigenvalue weighted by atomic mass is 10.3. The van der Waals surface area contributed by atoms with E-state index in [-0.39, 0.29) is 0 Å². The van der Waals surface area contributed by atoms with Crippen LogP contribution < -0.4 is 0 Å². The van der Waals surface area contributed by atoms with E-state index in [4.69, 9.17) is 0 Å². The van der Waals surface area contributed by atoms with Crippen LogP contribution in [0.4, 0.5) is 5.69 Å². The third kappa shape index (κ3) is 8.83. The molecule has 0 amide bonds. The van der Waals surface area contributed by atoms with Crippen LogP contribution in [0.5, 0.6) is 0 Å². The van der Waals surface area contributed by atoms with Gasteiger partial charge in [-0.15, -0.1) is 0 Å². The van der Waals surface area contributed by atoms with E-state index in [0.717, 1.165) is 44.6 Å². The van der Waals surface area contributed by atoms with Gasteiger partial charge in [-0.3, -0.25) is 9.98 Å². The SMILES string of the molecule is CCN=CCCN=CCCCN=Nc1ccccc1. The van der Waals surface area contributed by atoms with E-state index in [9.17, 15) is 0 Å². The summed E-state index contributed by atoms with van der Waals surface area (Å²) in [6.45, 7) is 4.47. The molecule has 0 fully saturated rings. The Bertz CT molecular complexity index is 396. The monoisotopic (exact) mass is 258 g/mol. The Hall–Kier alpha value is -1.84. The van der Waals surface area contributed by atoms with Crippen LogP contribution >= 0.6 is 0 Å². The van der Waals surface area contributed by atoms with Crippen molar-refractivity contribution < 1.29 is 0 Å². The van der Waals surface area contributed by atoms with E-state index in [1.54, 1.807) is 0 Å². The summed E-state index contributed by atoms with van der Waals surface area (Å²) in [5, 5.41) is 8.28. The van der Waals surface area contributed by atoms with Crippen LogP contribution in [0.3, 0.4) is 0 Å². The van der Waals surface area contributed by atoms with Crippen molar-refractivity contribution in [2.24, 2.45) is 20.2 Å². The van der Waals surface area contributed by atoms with Gasteiger partial charge in [-0.2, -0.15) is 10.2 Å². The maximum absolute atomic E-state index is 4.31.